The summed E-state index contributed by atoms with van der Waals surface area (Å²) in [5.74, 6) is 0. The number of fused-ring (bicyclic) bond motifs is 1. The van der Waals surface area contributed by atoms with Crippen molar-refractivity contribution in [3.8, 4) is 0 Å². The number of alkyl halides is 3. The number of anilines is 2. The summed E-state index contributed by atoms with van der Waals surface area (Å²) in [4.78, 5) is 1.88. The van der Waals surface area contributed by atoms with E-state index in [1.807, 2.05) is 25.7 Å². The van der Waals surface area contributed by atoms with Gasteiger partial charge in [0.05, 0.1) is 5.69 Å². The molecular formula is C16H19F3N6O2S2. The zero-order valence-electron chi connectivity index (χ0n) is 16.2. The lowest BCUT2D eigenvalue weighted by Crippen LogP contribution is -2.36. The number of sulfonamides is 1. The number of nitrogens with one attached hydrogen (secondary N) is 1. The van der Waals surface area contributed by atoms with Gasteiger partial charge in [0.2, 0.25) is 0 Å². The van der Waals surface area contributed by atoms with E-state index in [2.05, 4.69) is 20.4 Å². The quantitative estimate of drug-likeness (QED) is 0.687. The second-order valence-corrected chi connectivity index (χ2v) is 10.1. The van der Waals surface area contributed by atoms with Crippen molar-refractivity contribution in [2.45, 2.75) is 44.7 Å². The smallest absolute Gasteiger partial charge is 0.371 e. The second-order valence-electron chi connectivity index (χ2n) is 7.25. The molecule has 0 aliphatic carbocycles. The molecule has 1 N–H and O–H groups in total. The maximum atomic E-state index is 12.9. The molecule has 29 heavy (non-hydrogen) atoms. The summed E-state index contributed by atoms with van der Waals surface area (Å²) in [6.07, 6.45) is 0. The van der Waals surface area contributed by atoms with Gasteiger partial charge in [-0.1, -0.05) is 25.2 Å². The minimum atomic E-state index is -5.62. The molecule has 1 unspecified atom stereocenters. The van der Waals surface area contributed by atoms with E-state index >= 15 is 0 Å². The third-order valence-corrected chi connectivity index (χ3v) is 6.94. The Labute approximate surface area is 169 Å². The molecule has 0 bridgehead atoms. The Kier molecular flexibility index (Phi) is 5.10. The van der Waals surface area contributed by atoms with Gasteiger partial charge in [0.25, 0.3) is 5.13 Å². The number of aromatic nitrogens is 2. The lowest BCUT2D eigenvalue weighted by molar-refractivity contribution is -0.0429. The third kappa shape index (κ3) is 3.80. The molecule has 158 valence electrons. The molecule has 0 saturated heterocycles. The van der Waals surface area contributed by atoms with E-state index in [1.54, 1.807) is 24.8 Å². The largest absolute Gasteiger partial charge is 0.516 e. The maximum absolute atomic E-state index is 12.9. The van der Waals surface area contributed by atoms with Gasteiger partial charge in [0.1, 0.15) is 10.7 Å². The van der Waals surface area contributed by atoms with Gasteiger partial charge in [-0.05, 0) is 31.5 Å². The number of hydrogen-bond donors (Lipinski definition) is 1. The van der Waals surface area contributed by atoms with Crippen LogP contribution in [-0.2, 0) is 15.4 Å². The lowest BCUT2D eigenvalue weighted by atomic mass is 9.81. The molecule has 8 nitrogen and oxygen atoms in total. The van der Waals surface area contributed by atoms with Gasteiger partial charge in [0.15, 0.2) is 0 Å². The van der Waals surface area contributed by atoms with Crippen molar-refractivity contribution in [1.82, 2.24) is 10.2 Å². The number of aryl methyl sites for hydroxylation is 1. The highest BCUT2D eigenvalue weighted by Gasteiger charge is 2.47. The summed E-state index contributed by atoms with van der Waals surface area (Å²) in [5.41, 5.74) is -4.72. The number of azo groups is 1. The highest BCUT2D eigenvalue weighted by Crippen LogP contribution is 2.48. The van der Waals surface area contributed by atoms with Crippen LogP contribution in [0.15, 0.2) is 22.4 Å². The van der Waals surface area contributed by atoms with Gasteiger partial charge in [0, 0.05) is 24.2 Å². The first-order chi connectivity index (χ1) is 13.2. The van der Waals surface area contributed by atoms with Gasteiger partial charge in [-0.15, -0.1) is 20.4 Å². The number of nitrogens with zero attached hydrogens (tertiary/aromatic N) is 5. The van der Waals surface area contributed by atoms with Crippen molar-refractivity contribution in [1.29, 1.82) is 0 Å². The fourth-order valence-corrected chi connectivity index (χ4v) is 4.17. The molecule has 1 atom stereocenters. The van der Waals surface area contributed by atoms with E-state index in [1.165, 1.54) is 6.07 Å². The van der Waals surface area contributed by atoms with Crippen LogP contribution in [-0.4, -0.2) is 37.2 Å². The molecule has 0 amide bonds. The maximum Gasteiger partial charge on any atom is 0.516 e. The number of hydrogen-bond acceptors (Lipinski definition) is 8. The van der Waals surface area contributed by atoms with E-state index in [9.17, 15) is 21.6 Å². The van der Waals surface area contributed by atoms with Gasteiger partial charge in [-0.2, -0.15) is 21.6 Å². The molecule has 0 spiro atoms. The zero-order chi connectivity index (χ0) is 21.8. The Morgan fingerprint density at radius 1 is 1.24 bits per heavy atom. The fraction of sp³-hybridized carbons (Fsp3) is 0.500. The lowest BCUT2D eigenvalue weighted by Gasteiger charge is -2.28. The van der Waals surface area contributed by atoms with Gasteiger partial charge in [-0.3, -0.25) is 4.72 Å². The summed E-state index contributed by atoms with van der Waals surface area (Å²) in [6.45, 7) is 7.68. The van der Waals surface area contributed by atoms with Crippen LogP contribution in [0.2, 0.25) is 0 Å². The van der Waals surface area contributed by atoms with Crippen LogP contribution in [0.25, 0.3) is 0 Å². The van der Waals surface area contributed by atoms with Crippen LogP contribution >= 0.6 is 11.3 Å². The minimum Gasteiger partial charge on any atom is -0.371 e. The molecule has 0 saturated carbocycles. The molecule has 3 rings (SSSR count). The van der Waals surface area contributed by atoms with Gasteiger partial charge < -0.3 is 4.90 Å². The first-order valence-electron chi connectivity index (χ1n) is 8.46. The van der Waals surface area contributed by atoms with E-state index in [0.29, 0.717) is 10.7 Å². The topological polar surface area (TPSA) is 99.9 Å². The van der Waals surface area contributed by atoms with Crippen LogP contribution in [0.1, 0.15) is 31.3 Å². The monoisotopic (exact) mass is 448 g/mol. The number of benzene rings is 1. The fourth-order valence-electron chi connectivity index (χ4n) is 3.09. The summed E-state index contributed by atoms with van der Waals surface area (Å²) in [5, 5.41) is 16.3. The average Bonchev–Trinajstić information content (AvgIpc) is 3.08. The second kappa shape index (κ2) is 6.90. The Bertz CT molecular complexity index is 1080. The molecule has 1 aromatic carbocycles. The first-order valence-corrected chi connectivity index (χ1v) is 10.8. The summed E-state index contributed by atoms with van der Waals surface area (Å²) in [7, 11) is -3.83. The SMILES string of the molecule is Cc1nnc(N=Nc2cc3c(cc2NS(=O)(=O)C(F)(F)F)N(C)C(C)C3(C)C)s1. The van der Waals surface area contributed by atoms with Crippen molar-refractivity contribution >= 4 is 43.6 Å². The molecule has 13 heteroatoms. The molecule has 2 aromatic rings. The predicted molar refractivity (Wildman–Crippen MR) is 105 cm³/mol. The van der Waals surface area contributed by atoms with E-state index in [-0.39, 0.29) is 28.0 Å². The van der Waals surface area contributed by atoms with Crippen LogP contribution in [0, 0.1) is 6.92 Å². The predicted octanol–water partition coefficient (Wildman–Crippen LogP) is 4.64. The van der Waals surface area contributed by atoms with Crippen LogP contribution in [0.3, 0.4) is 0 Å². The van der Waals surface area contributed by atoms with Crippen LogP contribution in [0.5, 0.6) is 0 Å². The van der Waals surface area contributed by atoms with Crippen LogP contribution in [0.4, 0.5) is 35.4 Å². The van der Waals surface area contributed by atoms with Crippen molar-refractivity contribution in [3.05, 3.63) is 22.7 Å². The summed E-state index contributed by atoms with van der Waals surface area (Å²) >= 11 is 1.15. The molecule has 1 aliphatic heterocycles. The normalized spacial score (nSPS) is 19.0. The first kappa shape index (κ1) is 21.4. The van der Waals surface area contributed by atoms with E-state index in [0.717, 1.165) is 16.9 Å². The highest BCUT2D eigenvalue weighted by atomic mass is 32.2. The third-order valence-electron chi connectivity index (χ3n) is 5.12. The molecule has 1 aliphatic rings. The minimum absolute atomic E-state index is 0.0302. The molecule has 2 heterocycles. The van der Waals surface area contributed by atoms with Crippen molar-refractivity contribution < 1.29 is 21.6 Å². The zero-order valence-corrected chi connectivity index (χ0v) is 17.9. The van der Waals surface area contributed by atoms with Crippen LogP contribution < -0.4 is 9.62 Å². The highest BCUT2D eigenvalue weighted by molar-refractivity contribution is 7.93. The molecular weight excluding hydrogens is 429 g/mol. The molecule has 0 radical (unpaired) electrons. The standard InChI is InChI=1S/C16H19F3N6O2S2/c1-8-15(3,4)10-6-11(21-23-14-22-20-9(2)28-14)12(7-13(10)25(8)5)24-29(26,27)16(17,18)19/h6-8,24H,1-5H3. The van der Waals surface area contributed by atoms with E-state index < -0.39 is 15.5 Å². The molecule has 1 aromatic heterocycles. The Morgan fingerprint density at radius 3 is 2.45 bits per heavy atom. The Hall–Kier alpha value is -2.28. The number of halogens is 3. The number of rotatable bonds is 4. The van der Waals surface area contributed by atoms with E-state index in [4.69, 9.17) is 0 Å². The molecule has 0 fully saturated rings. The Morgan fingerprint density at radius 2 is 1.90 bits per heavy atom. The van der Waals surface area contributed by atoms with Gasteiger partial charge in [-0.25, -0.2) is 0 Å². The summed E-state index contributed by atoms with van der Waals surface area (Å²) in [6, 6.07) is 2.94. The average molecular weight is 448 g/mol. The Balaban J connectivity index is 2.14. The van der Waals surface area contributed by atoms with Crippen molar-refractivity contribution in [2.24, 2.45) is 10.2 Å². The summed E-state index contributed by atoms with van der Waals surface area (Å²) < 4.78 is 63.7. The van der Waals surface area contributed by atoms with Crippen molar-refractivity contribution in [2.75, 3.05) is 16.7 Å². The number of likely N-dealkylation sites (N-methyl/N-ethyl adjacent to an activating group) is 1. The van der Waals surface area contributed by atoms with Gasteiger partial charge >= 0.3 is 15.5 Å². The van der Waals surface area contributed by atoms with Crippen molar-refractivity contribution in [3.63, 3.8) is 0 Å².